The SMILES string of the molecule is CNC(c1cc(C)c(OC)cc1C)C1CCCCS1. The quantitative estimate of drug-likeness (QED) is 0.904. The van der Waals surface area contributed by atoms with Crippen molar-refractivity contribution >= 4 is 11.8 Å². The summed E-state index contributed by atoms with van der Waals surface area (Å²) in [4.78, 5) is 0. The van der Waals surface area contributed by atoms with E-state index in [-0.39, 0.29) is 0 Å². The number of thioether (sulfide) groups is 1. The van der Waals surface area contributed by atoms with E-state index in [1.807, 2.05) is 0 Å². The van der Waals surface area contributed by atoms with E-state index in [1.54, 1.807) is 7.11 Å². The van der Waals surface area contributed by atoms with Crippen molar-refractivity contribution in [3.8, 4) is 5.75 Å². The molecule has 1 saturated heterocycles. The van der Waals surface area contributed by atoms with Crippen LogP contribution in [-0.2, 0) is 0 Å². The van der Waals surface area contributed by atoms with Gasteiger partial charge in [-0.3, -0.25) is 0 Å². The molecule has 2 rings (SSSR count). The van der Waals surface area contributed by atoms with Gasteiger partial charge >= 0.3 is 0 Å². The molecule has 1 aromatic rings. The number of hydrogen-bond donors (Lipinski definition) is 1. The number of hydrogen-bond acceptors (Lipinski definition) is 3. The van der Waals surface area contributed by atoms with Gasteiger partial charge in [0.25, 0.3) is 0 Å². The van der Waals surface area contributed by atoms with E-state index in [2.05, 4.69) is 50.1 Å². The van der Waals surface area contributed by atoms with E-state index in [0.29, 0.717) is 11.3 Å². The lowest BCUT2D eigenvalue weighted by atomic mass is 9.94. The Hall–Kier alpha value is -0.670. The predicted octanol–water partition coefficient (Wildman–Crippen LogP) is 3.86. The van der Waals surface area contributed by atoms with Crippen LogP contribution < -0.4 is 10.1 Å². The molecule has 1 aromatic carbocycles. The fourth-order valence-electron chi connectivity index (χ4n) is 2.94. The van der Waals surface area contributed by atoms with E-state index in [9.17, 15) is 0 Å². The molecule has 2 atom stereocenters. The van der Waals surface area contributed by atoms with Crippen LogP contribution in [0.3, 0.4) is 0 Å². The molecule has 1 aliphatic heterocycles. The number of aryl methyl sites for hydroxylation is 2. The minimum atomic E-state index is 0.454. The van der Waals surface area contributed by atoms with Crippen LogP contribution in [0.1, 0.15) is 42.0 Å². The Morgan fingerprint density at radius 3 is 2.63 bits per heavy atom. The average Bonchev–Trinajstić information content (AvgIpc) is 2.44. The third-order valence-corrected chi connectivity index (χ3v) is 5.48. The third kappa shape index (κ3) is 3.26. The van der Waals surface area contributed by atoms with Crippen LogP contribution in [0.2, 0.25) is 0 Å². The molecule has 1 N–H and O–H groups in total. The lowest BCUT2D eigenvalue weighted by Crippen LogP contribution is -2.30. The van der Waals surface area contributed by atoms with Crippen molar-refractivity contribution in [1.29, 1.82) is 0 Å². The van der Waals surface area contributed by atoms with Crippen molar-refractivity contribution in [3.05, 3.63) is 28.8 Å². The van der Waals surface area contributed by atoms with Gasteiger partial charge in [0.1, 0.15) is 5.75 Å². The molecular formula is C16H25NOS. The Bertz CT molecular complexity index is 427. The van der Waals surface area contributed by atoms with Gasteiger partial charge in [0.2, 0.25) is 0 Å². The molecule has 106 valence electrons. The minimum absolute atomic E-state index is 0.454. The van der Waals surface area contributed by atoms with Gasteiger partial charge in [-0.2, -0.15) is 11.8 Å². The highest BCUT2D eigenvalue weighted by Gasteiger charge is 2.26. The van der Waals surface area contributed by atoms with Crippen molar-refractivity contribution in [2.75, 3.05) is 19.9 Å². The first-order chi connectivity index (χ1) is 9.17. The largest absolute Gasteiger partial charge is 0.496 e. The first kappa shape index (κ1) is 14.7. The van der Waals surface area contributed by atoms with Crippen LogP contribution in [0, 0.1) is 13.8 Å². The molecule has 0 radical (unpaired) electrons. The molecular weight excluding hydrogens is 254 g/mol. The molecule has 0 aromatic heterocycles. The molecule has 2 nitrogen and oxygen atoms in total. The normalized spacial score (nSPS) is 21.2. The first-order valence-electron chi connectivity index (χ1n) is 7.11. The maximum absolute atomic E-state index is 5.41. The van der Waals surface area contributed by atoms with Gasteiger partial charge in [-0.1, -0.05) is 12.5 Å². The third-order valence-electron chi connectivity index (χ3n) is 4.02. The maximum atomic E-state index is 5.41. The highest BCUT2D eigenvalue weighted by atomic mass is 32.2. The molecule has 1 fully saturated rings. The maximum Gasteiger partial charge on any atom is 0.122 e. The summed E-state index contributed by atoms with van der Waals surface area (Å²) < 4.78 is 5.41. The number of ether oxygens (including phenoxy) is 1. The average molecular weight is 279 g/mol. The fraction of sp³-hybridized carbons (Fsp3) is 0.625. The van der Waals surface area contributed by atoms with Gasteiger partial charge in [-0.05, 0) is 62.2 Å². The van der Waals surface area contributed by atoms with Crippen LogP contribution in [0.5, 0.6) is 5.75 Å². The van der Waals surface area contributed by atoms with Crippen molar-refractivity contribution in [1.82, 2.24) is 5.32 Å². The highest BCUT2D eigenvalue weighted by Crippen LogP contribution is 2.37. The Kier molecular flexibility index (Phi) is 5.17. The van der Waals surface area contributed by atoms with E-state index >= 15 is 0 Å². The van der Waals surface area contributed by atoms with Crippen LogP contribution in [0.25, 0.3) is 0 Å². The fourth-order valence-corrected chi connectivity index (χ4v) is 4.42. The van der Waals surface area contributed by atoms with Crippen molar-refractivity contribution in [2.24, 2.45) is 0 Å². The van der Waals surface area contributed by atoms with Crippen molar-refractivity contribution in [3.63, 3.8) is 0 Å². The summed E-state index contributed by atoms with van der Waals surface area (Å²) in [6, 6.07) is 4.92. The number of rotatable bonds is 4. The molecule has 1 heterocycles. The van der Waals surface area contributed by atoms with Crippen molar-refractivity contribution in [2.45, 2.75) is 44.4 Å². The first-order valence-corrected chi connectivity index (χ1v) is 8.16. The molecule has 0 amide bonds. The zero-order valence-corrected chi connectivity index (χ0v) is 13.3. The summed E-state index contributed by atoms with van der Waals surface area (Å²) in [5.41, 5.74) is 3.98. The molecule has 1 aliphatic rings. The van der Waals surface area contributed by atoms with Crippen molar-refractivity contribution < 1.29 is 4.74 Å². The lowest BCUT2D eigenvalue weighted by Gasteiger charge is -2.31. The minimum Gasteiger partial charge on any atom is -0.496 e. The Morgan fingerprint density at radius 1 is 1.26 bits per heavy atom. The molecule has 3 heteroatoms. The molecule has 0 saturated carbocycles. The number of benzene rings is 1. The zero-order valence-electron chi connectivity index (χ0n) is 12.5. The summed E-state index contributed by atoms with van der Waals surface area (Å²) in [6.45, 7) is 4.32. The second-order valence-electron chi connectivity index (χ2n) is 5.35. The summed E-state index contributed by atoms with van der Waals surface area (Å²) in [7, 11) is 3.83. The van der Waals surface area contributed by atoms with Gasteiger partial charge < -0.3 is 10.1 Å². The monoisotopic (exact) mass is 279 g/mol. The second kappa shape index (κ2) is 6.67. The summed E-state index contributed by atoms with van der Waals surface area (Å²) in [5, 5.41) is 4.23. The summed E-state index contributed by atoms with van der Waals surface area (Å²) in [5.74, 6) is 2.30. The summed E-state index contributed by atoms with van der Waals surface area (Å²) in [6.07, 6.45) is 4.06. The number of methoxy groups -OCH3 is 1. The standard InChI is InChI=1S/C16H25NOS/c1-11-10-14(18-4)12(2)9-13(11)16(17-3)15-7-5-6-8-19-15/h9-10,15-17H,5-8H2,1-4H3. The van der Waals surface area contributed by atoms with E-state index in [0.717, 1.165) is 5.75 Å². The van der Waals surface area contributed by atoms with Crippen LogP contribution in [0.15, 0.2) is 12.1 Å². The topological polar surface area (TPSA) is 21.3 Å². The summed E-state index contributed by atoms with van der Waals surface area (Å²) >= 11 is 2.12. The molecule has 2 unspecified atom stereocenters. The van der Waals surface area contributed by atoms with Crippen LogP contribution in [-0.4, -0.2) is 25.2 Å². The van der Waals surface area contributed by atoms with Crippen LogP contribution >= 0.6 is 11.8 Å². The molecule has 0 aliphatic carbocycles. The highest BCUT2D eigenvalue weighted by molar-refractivity contribution is 8.00. The van der Waals surface area contributed by atoms with E-state index in [4.69, 9.17) is 4.74 Å². The Labute approximate surface area is 121 Å². The van der Waals surface area contributed by atoms with Gasteiger partial charge in [0, 0.05) is 11.3 Å². The molecule has 19 heavy (non-hydrogen) atoms. The smallest absolute Gasteiger partial charge is 0.122 e. The predicted molar refractivity (Wildman–Crippen MR) is 84.4 cm³/mol. The van der Waals surface area contributed by atoms with Gasteiger partial charge in [-0.25, -0.2) is 0 Å². The Morgan fingerprint density at radius 2 is 2.05 bits per heavy atom. The lowest BCUT2D eigenvalue weighted by molar-refractivity contribution is 0.410. The van der Waals surface area contributed by atoms with E-state index < -0.39 is 0 Å². The zero-order chi connectivity index (χ0) is 13.8. The second-order valence-corrected chi connectivity index (χ2v) is 6.70. The van der Waals surface area contributed by atoms with Crippen LogP contribution in [0.4, 0.5) is 0 Å². The molecule has 0 spiro atoms. The van der Waals surface area contributed by atoms with E-state index in [1.165, 1.54) is 41.7 Å². The van der Waals surface area contributed by atoms with Gasteiger partial charge in [-0.15, -0.1) is 0 Å². The molecule has 0 bridgehead atoms. The number of nitrogens with one attached hydrogen (secondary N) is 1. The van der Waals surface area contributed by atoms with Gasteiger partial charge in [0.15, 0.2) is 0 Å². The Balaban J connectivity index is 2.29. The van der Waals surface area contributed by atoms with Gasteiger partial charge in [0.05, 0.1) is 7.11 Å².